The van der Waals surface area contributed by atoms with Crippen molar-refractivity contribution in [2.24, 2.45) is 5.92 Å². The van der Waals surface area contributed by atoms with Crippen LogP contribution in [-0.4, -0.2) is 38.8 Å². The van der Waals surface area contributed by atoms with Crippen molar-refractivity contribution in [3.8, 4) is 5.75 Å². The Hall–Kier alpha value is -1.80. The second-order valence-corrected chi connectivity index (χ2v) is 9.19. The average Bonchev–Trinajstić information content (AvgIpc) is 2.71. The number of ether oxygens (including phenoxy) is 1. The monoisotopic (exact) mass is 442 g/mol. The highest BCUT2D eigenvalue weighted by Crippen LogP contribution is 2.31. The highest BCUT2D eigenvalue weighted by Gasteiger charge is 2.33. The number of halogens is 2. The molecule has 1 fully saturated rings. The minimum absolute atomic E-state index is 0.110. The fourth-order valence-corrected chi connectivity index (χ4v) is 4.98. The van der Waals surface area contributed by atoms with Gasteiger partial charge in [0.2, 0.25) is 15.9 Å². The van der Waals surface area contributed by atoms with Crippen molar-refractivity contribution in [2.45, 2.75) is 17.7 Å². The van der Waals surface area contributed by atoms with Crippen LogP contribution in [0.2, 0.25) is 10.0 Å². The summed E-state index contributed by atoms with van der Waals surface area (Å²) in [6.07, 6.45) is 1.19. The predicted octanol–water partition coefficient (Wildman–Crippen LogP) is 4.04. The number of nitrogens with one attached hydrogen (secondary N) is 1. The second kappa shape index (κ2) is 8.69. The summed E-state index contributed by atoms with van der Waals surface area (Å²) < 4.78 is 32.3. The number of carbonyl (C=O) groups excluding carboxylic acids is 1. The van der Waals surface area contributed by atoms with Gasteiger partial charge in [-0.1, -0.05) is 29.3 Å². The molecule has 1 amide bonds. The van der Waals surface area contributed by atoms with Crippen LogP contribution in [0.1, 0.15) is 12.8 Å². The van der Waals surface area contributed by atoms with Crippen LogP contribution < -0.4 is 10.1 Å². The van der Waals surface area contributed by atoms with Crippen LogP contribution in [0.5, 0.6) is 5.75 Å². The van der Waals surface area contributed by atoms with Gasteiger partial charge in [-0.3, -0.25) is 4.79 Å². The number of hydrogen-bond acceptors (Lipinski definition) is 4. The number of piperidine rings is 1. The van der Waals surface area contributed by atoms with Crippen molar-refractivity contribution >= 4 is 44.8 Å². The number of sulfonamides is 1. The van der Waals surface area contributed by atoms with Gasteiger partial charge in [0, 0.05) is 13.1 Å². The maximum absolute atomic E-state index is 12.9. The highest BCUT2D eigenvalue weighted by molar-refractivity contribution is 7.89. The van der Waals surface area contributed by atoms with E-state index in [1.54, 1.807) is 30.3 Å². The molecule has 1 N–H and O–H groups in total. The molecule has 2 aromatic rings. The zero-order chi connectivity index (χ0) is 20.3. The molecule has 28 heavy (non-hydrogen) atoms. The van der Waals surface area contributed by atoms with Gasteiger partial charge in [-0.25, -0.2) is 8.42 Å². The Morgan fingerprint density at radius 2 is 1.89 bits per heavy atom. The van der Waals surface area contributed by atoms with Crippen molar-refractivity contribution in [1.29, 1.82) is 0 Å². The standard InChI is InChI=1S/C19H20Cl2N2O4S/c1-27-14-7-9-15(10-8-14)28(25,26)23-11-3-4-13(12-23)19(24)22-17-6-2-5-16(20)18(17)21/h2,5-10,13H,3-4,11-12H2,1H3,(H,22,24). The molecule has 0 spiro atoms. The number of rotatable bonds is 5. The normalized spacial score (nSPS) is 17.9. The summed E-state index contributed by atoms with van der Waals surface area (Å²) in [6.45, 7) is 0.481. The van der Waals surface area contributed by atoms with Crippen LogP contribution >= 0.6 is 23.2 Å². The minimum atomic E-state index is -3.69. The van der Waals surface area contributed by atoms with Crippen LogP contribution in [0.25, 0.3) is 0 Å². The van der Waals surface area contributed by atoms with Crippen molar-refractivity contribution < 1.29 is 17.9 Å². The Labute approximate surface area is 174 Å². The van der Waals surface area contributed by atoms with Gasteiger partial charge in [0.1, 0.15) is 5.75 Å². The van der Waals surface area contributed by atoms with Crippen LogP contribution in [0.3, 0.4) is 0 Å². The molecule has 0 aromatic heterocycles. The van der Waals surface area contributed by atoms with Crippen molar-refractivity contribution in [1.82, 2.24) is 4.31 Å². The lowest BCUT2D eigenvalue weighted by Crippen LogP contribution is -2.43. The molecular formula is C19H20Cl2N2O4S. The van der Waals surface area contributed by atoms with E-state index in [2.05, 4.69) is 5.32 Å². The Balaban J connectivity index is 1.73. The van der Waals surface area contributed by atoms with Crippen molar-refractivity contribution in [3.63, 3.8) is 0 Å². The summed E-state index contributed by atoms with van der Waals surface area (Å²) in [5.74, 6) is -0.177. The molecule has 1 saturated heterocycles. The maximum Gasteiger partial charge on any atom is 0.243 e. The average molecular weight is 443 g/mol. The summed E-state index contributed by atoms with van der Waals surface area (Å²) >= 11 is 12.1. The first-order valence-electron chi connectivity index (χ1n) is 8.72. The van der Waals surface area contributed by atoms with E-state index in [4.69, 9.17) is 27.9 Å². The predicted molar refractivity (Wildman–Crippen MR) is 110 cm³/mol. The lowest BCUT2D eigenvalue weighted by atomic mass is 9.99. The fourth-order valence-electron chi connectivity index (χ4n) is 3.11. The number of methoxy groups -OCH3 is 1. The number of amides is 1. The Bertz CT molecular complexity index is 964. The first-order chi connectivity index (χ1) is 13.3. The molecule has 0 radical (unpaired) electrons. The molecular weight excluding hydrogens is 423 g/mol. The number of hydrogen-bond donors (Lipinski definition) is 1. The molecule has 0 bridgehead atoms. The van der Waals surface area contributed by atoms with E-state index in [0.717, 1.165) is 0 Å². The minimum Gasteiger partial charge on any atom is -0.497 e. The van der Waals surface area contributed by atoms with E-state index in [0.29, 0.717) is 35.8 Å². The van der Waals surface area contributed by atoms with Gasteiger partial charge in [0.15, 0.2) is 0 Å². The third-order valence-corrected chi connectivity index (χ3v) is 7.36. The van der Waals surface area contributed by atoms with Crippen LogP contribution in [0, 0.1) is 5.92 Å². The van der Waals surface area contributed by atoms with Gasteiger partial charge in [-0.2, -0.15) is 4.31 Å². The largest absolute Gasteiger partial charge is 0.497 e. The molecule has 1 heterocycles. The van der Waals surface area contributed by atoms with E-state index in [9.17, 15) is 13.2 Å². The van der Waals surface area contributed by atoms with Gasteiger partial charge < -0.3 is 10.1 Å². The lowest BCUT2D eigenvalue weighted by molar-refractivity contribution is -0.120. The molecule has 9 heteroatoms. The maximum atomic E-state index is 12.9. The van der Waals surface area contributed by atoms with Crippen molar-refractivity contribution in [2.75, 3.05) is 25.5 Å². The number of nitrogens with zero attached hydrogens (tertiary/aromatic N) is 1. The summed E-state index contributed by atoms with van der Waals surface area (Å²) in [7, 11) is -2.17. The molecule has 0 saturated carbocycles. The first-order valence-corrected chi connectivity index (χ1v) is 10.9. The van der Waals surface area contributed by atoms with Gasteiger partial charge in [-0.05, 0) is 49.2 Å². The first kappa shape index (κ1) is 20.9. The summed E-state index contributed by atoms with van der Waals surface area (Å²) in [5.41, 5.74) is 0.411. The zero-order valence-electron chi connectivity index (χ0n) is 15.2. The van der Waals surface area contributed by atoms with E-state index >= 15 is 0 Å². The molecule has 1 aliphatic rings. The quantitative estimate of drug-likeness (QED) is 0.757. The number of carbonyl (C=O) groups is 1. The van der Waals surface area contributed by atoms with Crippen LogP contribution in [-0.2, 0) is 14.8 Å². The molecule has 150 valence electrons. The third-order valence-electron chi connectivity index (χ3n) is 4.66. The Kier molecular flexibility index (Phi) is 6.50. The van der Waals surface area contributed by atoms with E-state index in [1.807, 2.05) is 0 Å². The highest BCUT2D eigenvalue weighted by atomic mass is 35.5. The summed E-state index contributed by atoms with van der Waals surface area (Å²) in [5, 5.41) is 3.35. The van der Waals surface area contributed by atoms with Gasteiger partial charge in [-0.15, -0.1) is 0 Å². The SMILES string of the molecule is COc1ccc(S(=O)(=O)N2CCCC(C(=O)Nc3cccc(Cl)c3Cl)C2)cc1. The van der Waals surface area contributed by atoms with Gasteiger partial charge in [0.25, 0.3) is 0 Å². The zero-order valence-corrected chi connectivity index (χ0v) is 17.5. The molecule has 0 aliphatic carbocycles. The molecule has 1 unspecified atom stereocenters. The van der Waals surface area contributed by atoms with Crippen LogP contribution in [0.4, 0.5) is 5.69 Å². The summed E-state index contributed by atoms with van der Waals surface area (Å²) in [6, 6.07) is 11.2. The smallest absolute Gasteiger partial charge is 0.243 e. The van der Waals surface area contributed by atoms with Gasteiger partial charge in [0.05, 0.1) is 33.7 Å². The fraction of sp³-hybridized carbons (Fsp3) is 0.316. The van der Waals surface area contributed by atoms with Gasteiger partial charge >= 0.3 is 0 Å². The molecule has 6 nitrogen and oxygen atoms in total. The molecule has 3 rings (SSSR count). The summed E-state index contributed by atoms with van der Waals surface area (Å²) in [4.78, 5) is 12.8. The molecule has 1 atom stereocenters. The topological polar surface area (TPSA) is 75.7 Å². The Morgan fingerprint density at radius 1 is 1.18 bits per heavy atom. The lowest BCUT2D eigenvalue weighted by Gasteiger charge is -2.31. The van der Waals surface area contributed by atoms with E-state index < -0.39 is 15.9 Å². The van der Waals surface area contributed by atoms with Crippen LogP contribution in [0.15, 0.2) is 47.4 Å². The number of benzene rings is 2. The van der Waals surface area contributed by atoms with Crippen molar-refractivity contribution in [3.05, 3.63) is 52.5 Å². The van der Waals surface area contributed by atoms with E-state index in [1.165, 1.54) is 23.5 Å². The Morgan fingerprint density at radius 3 is 2.57 bits per heavy atom. The molecule has 1 aliphatic heterocycles. The molecule has 2 aromatic carbocycles. The van der Waals surface area contributed by atoms with E-state index in [-0.39, 0.29) is 22.4 Å². The second-order valence-electron chi connectivity index (χ2n) is 6.47. The third kappa shape index (κ3) is 4.43. The number of anilines is 1.